The lowest BCUT2D eigenvalue weighted by atomic mass is 10.1. The second kappa shape index (κ2) is 4.86. The molecule has 0 bridgehead atoms. The van der Waals surface area contributed by atoms with Gasteiger partial charge in [0.15, 0.2) is 5.65 Å². The van der Waals surface area contributed by atoms with Crippen LogP contribution in [0, 0.1) is 0 Å². The summed E-state index contributed by atoms with van der Waals surface area (Å²) in [6, 6.07) is 0. The lowest BCUT2D eigenvalue weighted by Gasteiger charge is -2.15. The number of hydrogen-bond acceptors (Lipinski definition) is 6. The first-order chi connectivity index (χ1) is 8.15. The molecule has 0 saturated heterocycles. The summed E-state index contributed by atoms with van der Waals surface area (Å²) in [7, 11) is 0. The van der Waals surface area contributed by atoms with Gasteiger partial charge in [-0.05, 0) is 12.2 Å². The zero-order chi connectivity index (χ0) is 12.4. The second-order valence-electron chi connectivity index (χ2n) is 3.59. The third-order valence-corrected chi connectivity index (χ3v) is 2.73. The van der Waals surface area contributed by atoms with Gasteiger partial charge in [-0.3, -0.25) is 9.89 Å². The average molecular weight is 256 g/mol. The monoisotopic (exact) mass is 256 g/mol. The SMILES string of the molecule is O=c1[nH]cnc2n[nH]c(C(O)C(O)CCS)c12. The number of thiol groups is 1. The number of aromatic nitrogens is 4. The van der Waals surface area contributed by atoms with Crippen molar-refractivity contribution in [2.75, 3.05) is 5.75 Å². The van der Waals surface area contributed by atoms with Gasteiger partial charge in [0.05, 0.1) is 18.1 Å². The molecule has 0 aliphatic heterocycles. The van der Waals surface area contributed by atoms with E-state index in [1.807, 2.05) is 0 Å². The first-order valence-corrected chi connectivity index (χ1v) is 5.67. The first kappa shape index (κ1) is 12.1. The van der Waals surface area contributed by atoms with Crippen molar-refractivity contribution in [3.8, 4) is 0 Å². The number of hydrogen-bond donors (Lipinski definition) is 5. The van der Waals surface area contributed by atoms with Gasteiger partial charge in [0.1, 0.15) is 11.5 Å². The minimum Gasteiger partial charge on any atom is -0.390 e. The van der Waals surface area contributed by atoms with Crippen molar-refractivity contribution in [1.82, 2.24) is 20.2 Å². The summed E-state index contributed by atoms with van der Waals surface area (Å²) in [5.41, 5.74) is -0.0274. The van der Waals surface area contributed by atoms with Crippen molar-refractivity contribution < 1.29 is 10.2 Å². The summed E-state index contributed by atoms with van der Waals surface area (Å²) in [5, 5.41) is 26.0. The molecule has 2 rings (SSSR count). The van der Waals surface area contributed by atoms with Crippen LogP contribution in [0.1, 0.15) is 18.2 Å². The molecule has 17 heavy (non-hydrogen) atoms. The molecule has 0 spiro atoms. The smallest absolute Gasteiger partial charge is 0.262 e. The fraction of sp³-hybridized carbons (Fsp3) is 0.444. The van der Waals surface area contributed by atoms with Crippen LogP contribution >= 0.6 is 12.6 Å². The Balaban J connectivity index is 2.45. The molecular formula is C9H12N4O3S. The van der Waals surface area contributed by atoms with Crippen LogP contribution in [0.5, 0.6) is 0 Å². The van der Waals surface area contributed by atoms with Crippen molar-refractivity contribution in [2.45, 2.75) is 18.6 Å². The van der Waals surface area contributed by atoms with Gasteiger partial charge >= 0.3 is 0 Å². The predicted molar refractivity (Wildman–Crippen MR) is 63.9 cm³/mol. The quantitative estimate of drug-likeness (QED) is 0.467. The number of nitrogens with zero attached hydrogens (tertiary/aromatic N) is 2. The van der Waals surface area contributed by atoms with Gasteiger partial charge in [0, 0.05) is 0 Å². The molecule has 0 aromatic carbocycles. The summed E-state index contributed by atoms with van der Waals surface area (Å²) in [5.74, 6) is 0.429. The van der Waals surface area contributed by atoms with Crippen LogP contribution in [0.15, 0.2) is 11.1 Å². The number of nitrogens with one attached hydrogen (secondary N) is 2. The maximum Gasteiger partial charge on any atom is 0.262 e. The lowest BCUT2D eigenvalue weighted by molar-refractivity contribution is 0.0154. The predicted octanol–water partition coefficient (Wildman–Crippen LogP) is -0.640. The molecular weight excluding hydrogens is 244 g/mol. The number of rotatable bonds is 4. The number of aliphatic hydroxyl groups is 2. The van der Waals surface area contributed by atoms with Gasteiger partial charge in [0.25, 0.3) is 5.56 Å². The molecule has 0 aliphatic rings. The Labute approximate surface area is 101 Å². The number of H-pyrrole nitrogens is 2. The van der Waals surface area contributed by atoms with E-state index in [-0.39, 0.29) is 16.7 Å². The van der Waals surface area contributed by atoms with Crippen LogP contribution in [-0.2, 0) is 0 Å². The van der Waals surface area contributed by atoms with E-state index in [0.717, 1.165) is 0 Å². The highest BCUT2D eigenvalue weighted by atomic mass is 32.1. The maximum atomic E-state index is 11.6. The van der Waals surface area contributed by atoms with Crippen molar-refractivity contribution in [3.05, 3.63) is 22.4 Å². The van der Waals surface area contributed by atoms with E-state index in [4.69, 9.17) is 0 Å². The molecule has 0 radical (unpaired) electrons. The van der Waals surface area contributed by atoms with E-state index in [2.05, 4.69) is 32.8 Å². The minimum absolute atomic E-state index is 0.165. The fourth-order valence-corrected chi connectivity index (χ4v) is 1.85. The summed E-state index contributed by atoms with van der Waals surface area (Å²) < 4.78 is 0. The molecule has 92 valence electrons. The fourth-order valence-electron chi connectivity index (χ4n) is 1.58. The summed E-state index contributed by atoms with van der Waals surface area (Å²) in [6.45, 7) is 0. The highest BCUT2D eigenvalue weighted by molar-refractivity contribution is 7.80. The highest BCUT2D eigenvalue weighted by Gasteiger charge is 2.23. The molecule has 2 aromatic heterocycles. The third-order valence-electron chi connectivity index (χ3n) is 2.47. The van der Waals surface area contributed by atoms with E-state index in [1.54, 1.807) is 0 Å². The van der Waals surface area contributed by atoms with E-state index < -0.39 is 17.8 Å². The molecule has 2 heterocycles. The second-order valence-corrected chi connectivity index (χ2v) is 4.04. The standard InChI is InChI=1S/C9H12N4O3S/c14-4(1-2-17)7(15)6-5-8(13-12-6)10-3-11-9(5)16/h3-4,7,14-15,17H,1-2H2,(H2,10,11,12,13,16). The van der Waals surface area contributed by atoms with Crippen molar-refractivity contribution >= 4 is 23.7 Å². The molecule has 8 heteroatoms. The lowest BCUT2D eigenvalue weighted by Crippen LogP contribution is -2.20. The van der Waals surface area contributed by atoms with Gasteiger partial charge in [-0.25, -0.2) is 4.98 Å². The Morgan fingerprint density at radius 2 is 2.24 bits per heavy atom. The Morgan fingerprint density at radius 1 is 1.47 bits per heavy atom. The number of aliphatic hydroxyl groups excluding tert-OH is 2. The van der Waals surface area contributed by atoms with Crippen molar-refractivity contribution in [3.63, 3.8) is 0 Å². The van der Waals surface area contributed by atoms with Gasteiger partial charge in [-0.1, -0.05) is 0 Å². The molecule has 0 aliphatic carbocycles. The molecule has 2 unspecified atom stereocenters. The van der Waals surface area contributed by atoms with Crippen LogP contribution in [0.3, 0.4) is 0 Å². The Bertz CT molecular complexity index is 567. The van der Waals surface area contributed by atoms with E-state index in [9.17, 15) is 15.0 Å². The van der Waals surface area contributed by atoms with Crippen LogP contribution < -0.4 is 5.56 Å². The van der Waals surface area contributed by atoms with Gasteiger partial charge in [-0.15, -0.1) is 0 Å². The van der Waals surface area contributed by atoms with Crippen LogP contribution in [0.4, 0.5) is 0 Å². The van der Waals surface area contributed by atoms with Crippen molar-refractivity contribution in [2.24, 2.45) is 0 Å². The zero-order valence-corrected chi connectivity index (χ0v) is 9.69. The van der Waals surface area contributed by atoms with Crippen LogP contribution in [0.2, 0.25) is 0 Å². The zero-order valence-electron chi connectivity index (χ0n) is 8.79. The minimum atomic E-state index is -1.21. The average Bonchev–Trinajstić information content (AvgIpc) is 2.73. The molecule has 0 saturated carbocycles. The van der Waals surface area contributed by atoms with Gasteiger partial charge in [-0.2, -0.15) is 17.7 Å². The molecule has 2 atom stereocenters. The van der Waals surface area contributed by atoms with E-state index >= 15 is 0 Å². The molecule has 4 N–H and O–H groups in total. The summed E-state index contributed by atoms with van der Waals surface area (Å²) in [4.78, 5) is 17.8. The Hall–Kier alpha value is -1.38. The Kier molecular flexibility index (Phi) is 3.46. The number of aromatic amines is 2. The molecule has 0 fully saturated rings. The largest absolute Gasteiger partial charge is 0.390 e. The number of fused-ring (bicyclic) bond motifs is 1. The van der Waals surface area contributed by atoms with Crippen LogP contribution in [-0.4, -0.2) is 42.2 Å². The van der Waals surface area contributed by atoms with Crippen LogP contribution in [0.25, 0.3) is 11.0 Å². The summed E-state index contributed by atoms with van der Waals surface area (Å²) >= 11 is 3.97. The third kappa shape index (κ3) is 2.19. The first-order valence-electron chi connectivity index (χ1n) is 5.03. The highest BCUT2D eigenvalue weighted by Crippen LogP contribution is 2.21. The molecule has 7 nitrogen and oxygen atoms in total. The Morgan fingerprint density at radius 3 is 2.94 bits per heavy atom. The van der Waals surface area contributed by atoms with Gasteiger partial charge in [0.2, 0.25) is 0 Å². The molecule has 0 amide bonds. The normalized spacial score (nSPS) is 15.0. The van der Waals surface area contributed by atoms with Crippen molar-refractivity contribution in [1.29, 1.82) is 0 Å². The summed E-state index contributed by atoms with van der Waals surface area (Å²) in [6.07, 6.45) is -0.678. The van der Waals surface area contributed by atoms with Gasteiger partial charge < -0.3 is 15.2 Å². The molecule has 2 aromatic rings. The maximum absolute atomic E-state index is 11.6. The van der Waals surface area contributed by atoms with E-state index in [1.165, 1.54) is 6.33 Å². The topological polar surface area (TPSA) is 115 Å². The van der Waals surface area contributed by atoms with E-state index in [0.29, 0.717) is 12.2 Å².